The van der Waals surface area contributed by atoms with Crippen LogP contribution in [0.3, 0.4) is 0 Å². The molecule has 0 fully saturated rings. The van der Waals surface area contributed by atoms with Gasteiger partial charge in [0.2, 0.25) is 0 Å². The van der Waals surface area contributed by atoms with E-state index in [-0.39, 0.29) is 0 Å². The molecule has 1 aliphatic rings. The van der Waals surface area contributed by atoms with Gasteiger partial charge in [-0.05, 0) is 43.1 Å². The SMILES string of the molecule is Cc1cnnc(N2CC(CCN)c3ccccc32)c1. The molecule has 4 nitrogen and oxygen atoms in total. The molecule has 19 heavy (non-hydrogen) atoms. The zero-order valence-electron chi connectivity index (χ0n) is 11.1. The summed E-state index contributed by atoms with van der Waals surface area (Å²) in [6.07, 6.45) is 2.79. The van der Waals surface area contributed by atoms with Gasteiger partial charge in [-0.1, -0.05) is 18.2 Å². The van der Waals surface area contributed by atoms with Crippen molar-refractivity contribution in [3.05, 3.63) is 47.7 Å². The predicted octanol–water partition coefficient (Wildman–Crippen LogP) is 2.37. The van der Waals surface area contributed by atoms with Gasteiger partial charge in [0.1, 0.15) is 0 Å². The van der Waals surface area contributed by atoms with E-state index >= 15 is 0 Å². The number of nitrogens with two attached hydrogens (primary N) is 1. The van der Waals surface area contributed by atoms with Crippen molar-refractivity contribution in [2.45, 2.75) is 19.3 Å². The molecule has 1 unspecified atom stereocenters. The highest BCUT2D eigenvalue weighted by atomic mass is 15.3. The number of aromatic nitrogens is 2. The van der Waals surface area contributed by atoms with Crippen LogP contribution in [0.4, 0.5) is 11.5 Å². The number of aryl methyl sites for hydroxylation is 1. The molecule has 4 heteroatoms. The van der Waals surface area contributed by atoms with Gasteiger partial charge in [-0.15, -0.1) is 5.10 Å². The summed E-state index contributed by atoms with van der Waals surface area (Å²) in [6.45, 7) is 3.69. The Morgan fingerprint density at radius 2 is 2.21 bits per heavy atom. The first-order chi connectivity index (χ1) is 9.29. The number of nitrogens with zero attached hydrogens (tertiary/aromatic N) is 3. The molecule has 1 aromatic carbocycles. The second kappa shape index (κ2) is 4.97. The number of hydrogen-bond donors (Lipinski definition) is 1. The van der Waals surface area contributed by atoms with Gasteiger partial charge in [-0.25, -0.2) is 0 Å². The van der Waals surface area contributed by atoms with Crippen molar-refractivity contribution in [3.63, 3.8) is 0 Å². The van der Waals surface area contributed by atoms with Crippen LogP contribution in [0, 0.1) is 6.92 Å². The molecule has 2 aromatic rings. The predicted molar refractivity (Wildman–Crippen MR) is 76.6 cm³/mol. The molecule has 1 atom stereocenters. The summed E-state index contributed by atoms with van der Waals surface area (Å²) >= 11 is 0. The molecule has 0 spiro atoms. The molecule has 3 rings (SSSR count). The summed E-state index contributed by atoms with van der Waals surface area (Å²) in [5.41, 5.74) is 9.47. The molecule has 2 heterocycles. The van der Waals surface area contributed by atoms with Crippen molar-refractivity contribution in [3.8, 4) is 0 Å². The third-order valence-corrected chi connectivity index (χ3v) is 3.64. The molecular weight excluding hydrogens is 236 g/mol. The molecule has 1 aromatic heterocycles. The van der Waals surface area contributed by atoms with E-state index in [0.29, 0.717) is 12.5 Å². The van der Waals surface area contributed by atoms with E-state index in [9.17, 15) is 0 Å². The Labute approximate surface area is 113 Å². The van der Waals surface area contributed by atoms with Crippen LogP contribution in [0.1, 0.15) is 23.5 Å². The first-order valence-corrected chi connectivity index (χ1v) is 6.65. The largest absolute Gasteiger partial charge is 0.330 e. The third-order valence-electron chi connectivity index (χ3n) is 3.64. The van der Waals surface area contributed by atoms with Gasteiger partial charge in [0.15, 0.2) is 5.82 Å². The van der Waals surface area contributed by atoms with Crippen molar-refractivity contribution < 1.29 is 0 Å². The molecule has 1 aliphatic heterocycles. The summed E-state index contributed by atoms with van der Waals surface area (Å²) in [7, 11) is 0. The van der Waals surface area contributed by atoms with Gasteiger partial charge < -0.3 is 10.6 Å². The van der Waals surface area contributed by atoms with Crippen LogP contribution in [0.25, 0.3) is 0 Å². The van der Waals surface area contributed by atoms with Crippen LogP contribution in [0.2, 0.25) is 0 Å². The van der Waals surface area contributed by atoms with Gasteiger partial charge in [0.25, 0.3) is 0 Å². The summed E-state index contributed by atoms with van der Waals surface area (Å²) in [4.78, 5) is 2.25. The molecule has 0 radical (unpaired) electrons. The summed E-state index contributed by atoms with van der Waals surface area (Å²) in [5.74, 6) is 1.41. The Bertz CT molecular complexity index is 582. The van der Waals surface area contributed by atoms with Gasteiger partial charge in [0, 0.05) is 18.2 Å². The van der Waals surface area contributed by atoms with Gasteiger partial charge >= 0.3 is 0 Å². The Morgan fingerprint density at radius 3 is 3.00 bits per heavy atom. The number of para-hydroxylation sites is 1. The van der Waals surface area contributed by atoms with E-state index in [0.717, 1.165) is 24.3 Å². The normalized spacial score (nSPS) is 17.6. The van der Waals surface area contributed by atoms with Crippen LogP contribution in [-0.2, 0) is 0 Å². The maximum atomic E-state index is 5.73. The highest BCUT2D eigenvalue weighted by Crippen LogP contribution is 2.41. The lowest BCUT2D eigenvalue weighted by Gasteiger charge is -2.18. The fourth-order valence-electron chi connectivity index (χ4n) is 2.74. The van der Waals surface area contributed by atoms with Crippen LogP contribution in [-0.4, -0.2) is 23.3 Å². The number of benzene rings is 1. The van der Waals surface area contributed by atoms with Crippen molar-refractivity contribution in [2.24, 2.45) is 5.73 Å². The second-order valence-electron chi connectivity index (χ2n) is 5.03. The summed E-state index contributed by atoms with van der Waals surface area (Å²) in [6, 6.07) is 10.6. The standard InChI is InChI=1S/C15H18N4/c1-11-8-15(18-17-9-11)19-10-12(6-7-16)13-4-2-3-5-14(13)19/h2-5,8-9,12H,6-7,10,16H2,1H3. The lowest BCUT2D eigenvalue weighted by Crippen LogP contribution is -2.18. The lowest BCUT2D eigenvalue weighted by molar-refractivity contribution is 0.666. The van der Waals surface area contributed by atoms with E-state index in [1.807, 2.05) is 6.92 Å². The summed E-state index contributed by atoms with van der Waals surface area (Å²) < 4.78 is 0. The third kappa shape index (κ3) is 2.19. The fraction of sp³-hybridized carbons (Fsp3) is 0.333. The first-order valence-electron chi connectivity index (χ1n) is 6.65. The Morgan fingerprint density at radius 1 is 1.37 bits per heavy atom. The number of rotatable bonds is 3. The molecular formula is C15H18N4. The summed E-state index contributed by atoms with van der Waals surface area (Å²) in [5, 5.41) is 8.32. The topological polar surface area (TPSA) is 55.0 Å². The molecule has 98 valence electrons. The van der Waals surface area contributed by atoms with Crippen LogP contribution in [0.15, 0.2) is 36.5 Å². The first kappa shape index (κ1) is 12.1. The molecule has 0 amide bonds. The van der Waals surface area contributed by atoms with E-state index in [4.69, 9.17) is 5.73 Å². The van der Waals surface area contributed by atoms with E-state index in [1.165, 1.54) is 11.3 Å². The zero-order valence-corrected chi connectivity index (χ0v) is 11.1. The van der Waals surface area contributed by atoms with Crippen molar-refractivity contribution in [2.75, 3.05) is 18.0 Å². The minimum Gasteiger partial charge on any atom is -0.330 e. The van der Waals surface area contributed by atoms with Crippen molar-refractivity contribution >= 4 is 11.5 Å². The maximum Gasteiger partial charge on any atom is 0.155 e. The van der Waals surface area contributed by atoms with Gasteiger partial charge in [-0.2, -0.15) is 5.10 Å². The molecule has 2 N–H and O–H groups in total. The Balaban J connectivity index is 2.00. The van der Waals surface area contributed by atoms with Crippen LogP contribution in [0.5, 0.6) is 0 Å². The smallest absolute Gasteiger partial charge is 0.155 e. The maximum absolute atomic E-state index is 5.73. The average molecular weight is 254 g/mol. The second-order valence-corrected chi connectivity index (χ2v) is 5.03. The van der Waals surface area contributed by atoms with Crippen molar-refractivity contribution in [1.82, 2.24) is 10.2 Å². The highest BCUT2D eigenvalue weighted by molar-refractivity contribution is 5.69. The van der Waals surface area contributed by atoms with Gasteiger partial charge in [-0.3, -0.25) is 0 Å². The molecule has 0 bridgehead atoms. The van der Waals surface area contributed by atoms with E-state index in [1.54, 1.807) is 6.20 Å². The lowest BCUT2D eigenvalue weighted by atomic mass is 9.98. The van der Waals surface area contributed by atoms with E-state index in [2.05, 4.69) is 45.4 Å². The monoisotopic (exact) mass is 254 g/mol. The molecule has 0 saturated carbocycles. The zero-order chi connectivity index (χ0) is 13.2. The molecule has 0 aliphatic carbocycles. The van der Waals surface area contributed by atoms with E-state index < -0.39 is 0 Å². The number of anilines is 2. The van der Waals surface area contributed by atoms with Crippen LogP contribution >= 0.6 is 0 Å². The molecule has 0 saturated heterocycles. The fourth-order valence-corrected chi connectivity index (χ4v) is 2.74. The Hall–Kier alpha value is -1.94. The number of fused-ring (bicyclic) bond motifs is 1. The Kier molecular flexibility index (Phi) is 3.17. The minimum absolute atomic E-state index is 0.489. The van der Waals surface area contributed by atoms with Gasteiger partial charge in [0.05, 0.1) is 6.20 Å². The average Bonchev–Trinajstić information content (AvgIpc) is 2.79. The highest BCUT2D eigenvalue weighted by Gasteiger charge is 2.29. The van der Waals surface area contributed by atoms with Crippen LogP contribution < -0.4 is 10.6 Å². The number of hydrogen-bond acceptors (Lipinski definition) is 4. The van der Waals surface area contributed by atoms with Crippen molar-refractivity contribution in [1.29, 1.82) is 0 Å². The minimum atomic E-state index is 0.489. The quantitative estimate of drug-likeness (QED) is 0.913.